The second-order valence-corrected chi connectivity index (χ2v) is 22.4. The number of aromatic nitrogens is 3. The van der Waals surface area contributed by atoms with Gasteiger partial charge in [-0.1, -0.05) is 129 Å². The zero-order valence-electron chi connectivity index (χ0n) is 38.8. The van der Waals surface area contributed by atoms with E-state index in [1.54, 1.807) is 12.1 Å². The topological polar surface area (TPSA) is 57.0 Å². The number of rotatable bonds is 7. The summed E-state index contributed by atoms with van der Waals surface area (Å²) in [7, 11) is -1.34. The van der Waals surface area contributed by atoms with E-state index in [1.165, 1.54) is 10.8 Å². The summed E-state index contributed by atoms with van der Waals surface area (Å²) >= 11 is 0. The van der Waals surface area contributed by atoms with Crippen LogP contribution in [-0.2, 0) is 26.5 Å². The van der Waals surface area contributed by atoms with E-state index in [0.717, 1.165) is 101 Å². The van der Waals surface area contributed by atoms with E-state index in [2.05, 4.69) is 116 Å². The number of imidazole rings is 1. The van der Waals surface area contributed by atoms with Crippen LogP contribution in [0.15, 0.2) is 167 Å². The summed E-state index contributed by atoms with van der Waals surface area (Å²) in [6.45, 7) is 9.60. The van der Waals surface area contributed by atoms with Crippen LogP contribution in [0.4, 0.5) is 0 Å². The Kier molecular flexibility index (Phi) is 10.4. The van der Waals surface area contributed by atoms with Gasteiger partial charge < -0.3 is 18.4 Å². The number of furan rings is 2. The number of pyridine rings is 1. The number of benzene rings is 7. The van der Waals surface area contributed by atoms with Crippen LogP contribution in [0, 0.1) is 24.9 Å². The summed E-state index contributed by atoms with van der Waals surface area (Å²) in [5.74, 6) is 1.41. The molecule has 11 rings (SSSR count). The Balaban J connectivity index is 0.000000221. The number of nitrogens with zero attached hydrogens (tertiary/aromatic N) is 3. The van der Waals surface area contributed by atoms with Crippen LogP contribution >= 0.6 is 0 Å². The van der Waals surface area contributed by atoms with Crippen molar-refractivity contribution in [2.24, 2.45) is 5.92 Å². The maximum atomic E-state index is 7.69. The Hall–Kier alpha value is -6.37. The molecule has 1 radical (unpaired) electrons. The normalized spacial score (nSPS) is 12.6. The van der Waals surface area contributed by atoms with Gasteiger partial charge >= 0.3 is 0 Å². The molecular formula is C56H47IrN3O2Si-2. The minimum Gasteiger partial charge on any atom is -0.500 e. The first-order valence-electron chi connectivity index (χ1n) is 22.6. The average molecular weight is 1020 g/mol. The quantitative estimate of drug-likeness (QED) is 0.118. The van der Waals surface area contributed by atoms with E-state index < -0.39 is 14.9 Å². The molecule has 0 saturated carbocycles. The van der Waals surface area contributed by atoms with Crippen molar-refractivity contribution >= 4 is 68.2 Å². The van der Waals surface area contributed by atoms with Crippen molar-refractivity contribution in [3.63, 3.8) is 0 Å². The first-order chi connectivity index (χ1) is 31.3. The van der Waals surface area contributed by atoms with E-state index in [-0.39, 0.29) is 20.1 Å². The second-order valence-electron chi connectivity index (χ2n) is 17.4. The van der Waals surface area contributed by atoms with Gasteiger partial charge in [0.2, 0.25) is 0 Å². The number of hydrogen-bond donors (Lipinski definition) is 0. The molecule has 0 amide bonds. The SMILES string of the molecule is CC(C)Cc1cc(-c2[c-]cccc2)ncc1[Si](C)(C)C.[2H]C([2H])([2H])c1ccc(-c2ccc3oc4c[c-]c(-c5nc6ccccc6n5-c5cccc6c5oc5ccccc56)cc4c3c2)cc1.[Ir]. The maximum Gasteiger partial charge on any atom is 0.158 e. The van der Waals surface area contributed by atoms with Crippen molar-refractivity contribution in [3.05, 3.63) is 181 Å². The molecule has 0 N–H and O–H groups in total. The Morgan fingerprint density at radius 2 is 1.43 bits per heavy atom. The van der Waals surface area contributed by atoms with Crippen molar-refractivity contribution < 1.29 is 33.1 Å². The van der Waals surface area contributed by atoms with Gasteiger partial charge in [-0.05, 0) is 77.6 Å². The van der Waals surface area contributed by atoms with Crippen LogP contribution in [0.1, 0.15) is 29.1 Å². The Morgan fingerprint density at radius 1 is 0.683 bits per heavy atom. The minimum atomic E-state index is -2.14. The van der Waals surface area contributed by atoms with Crippen molar-refractivity contribution in [1.29, 1.82) is 0 Å². The van der Waals surface area contributed by atoms with Gasteiger partial charge in [-0.3, -0.25) is 4.98 Å². The zero-order valence-corrected chi connectivity index (χ0v) is 39.2. The van der Waals surface area contributed by atoms with Crippen molar-refractivity contribution in [3.8, 4) is 39.5 Å². The van der Waals surface area contributed by atoms with Crippen LogP contribution in [0.3, 0.4) is 0 Å². The maximum absolute atomic E-state index is 7.69. The molecule has 63 heavy (non-hydrogen) atoms. The molecule has 0 spiro atoms. The molecule has 0 aliphatic rings. The molecule has 0 saturated heterocycles. The third-order valence-electron chi connectivity index (χ3n) is 11.5. The molecule has 0 fully saturated rings. The van der Waals surface area contributed by atoms with E-state index in [0.29, 0.717) is 11.5 Å². The number of para-hydroxylation sites is 4. The van der Waals surface area contributed by atoms with Crippen LogP contribution in [-0.4, -0.2) is 22.6 Å². The largest absolute Gasteiger partial charge is 0.500 e. The van der Waals surface area contributed by atoms with Crippen molar-refractivity contribution in [2.75, 3.05) is 0 Å². The molecule has 313 valence electrons. The molecule has 0 atom stereocenters. The standard InChI is InChI=1S/C38H23N2O2.C18H24NSi.Ir/c1-23-13-15-24(16-14-23)25-17-19-35-29(21-25)30-22-26(18-20-36(30)41-35)38-39-31-9-3-4-10-32(31)40(38)33-11-6-8-28-27-7-2-5-12-34(27)42-37(28)33;1-14(2)11-16-12-17(15-9-7-6-8-10-15)19-13-18(16)20(3,4)5;/h2-17,19-22H,1H3;6-9,12-14H,11H2,1-5H3;/q2*-1;/i1D3;;. The van der Waals surface area contributed by atoms with Crippen molar-refractivity contribution in [1.82, 2.24) is 14.5 Å². The summed E-state index contributed by atoms with van der Waals surface area (Å²) in [5, 5.41) is 5.51. The van der Waals surface area contributed by atoms with E-state index in [1.807, 2.05) is 84.9 Å². The Bertz CT molecular complexity index is 3530. The summed E-state index contributed by atoms with van der Waals surface area (Å²) in [5.41, 5.74) is 12.5. The predicted molar refractivity (Wildman–Crippen MR) is 260 cm³/mol. The number of fused-ring (bicyclic) bond motifs is 7. The summed E-state index contributed by atoms with van der Waals surface area (Å²) in [6, 6.07) is 56.5. The summed E-state index contributed by atoms with van der Waals surface area (Å²) in [4.78, 5) is 9.78. The van der Waals surface area contributed by atoms with Crippen LogP contribution < -0.4 is 5.19 Å². The van der Waals surface area contributed by atoms with Gasteiger partial charge in [0.05, 0.1) is 36.2 Å². The first-order valence-corrected chi connectivity index (χ1v) is 24.6. The molecule has 4 heterocycles. The zero-order chi connectivity index (χ0) is 45.0. The minimum absolute atomic E-state index is 0. The molecule has 4 aromatic heterocycles. The van der Waals surface area contributed by atoms with Crippen LogP contribution in [0.5, 0.6) is 0 Å². The smallest absolute Gasteiger partial charge is 0.158 e. The van der Waals surface area contributed by atoms with Crippen LogP contribution in [0.2, 0.25) is 19.6 Å². The van der Waals surface area contributed by atoms with Crippen molar-refractivity contribution in [2.45, 2.75) is 46.8 Å². The molecule has 0 unspecified atom stereocenters. The van der Waals surface area contributed by atoms with Gasteiger partial charge in [0, 0.05) is 46.6 Å². The second kappa shape index (κ2) is 17.1. The molecule has 0 aliphatic heterocycles. The first kappa shape index (κ1) is 38.3. The third kappa shape index (κ3) is 8.09. The van der Waals surface area contributed by atoms with Gasteiger partial charge in [0.15, 0.2) is 5.58 Å². The summed E-state index contributed by atoms with van der Waals surface area (Å²) < 4.78 is 37.9. The Labute approximate surface area is 387 Å². The number of hydrogen-bond acceptors (Lipinski definition) is 4. The van der Waals surface area contributed by atoms with Crippen LogP contribution in [0.25, 0.3) is 94.4 Å². The molecule has 0 bridgehead atoms. The van der Waals surface area contributed by atoms with Gasteiger partial charge in [-0.2, -0.15) is 0 Å². The van der Waals surface area contributed by atoms with Gasteiger partial charge in [0.25, 0.3) is 0 Å². The number of aryl methyl sites for hydroxylation is 1. The predicted octanol–water partition coefficient (Wildman–Crippen LogP) is 14.6. The molecule has 7 aromatic carbocycles. The fraction of sp³-hybridized carbons (Fsp3) is 0.143. The molecule has 5 nitrogen and oxygen atoms in total. The fourth-order valence-electron chi connectivity index (χ4n) is 8.53. The molecular weight excluding hydrogens is 967 g/mol. The summed E-state index contributed by atoms with van der Waals surface area (Å²) in [6.07, 6.45) is 3.24. The third-order valence-corrected chi connectivity index (χ3v) is 13.5. The van der Waals surface area contributed by atoms with E-state index >= 15 is 0 Å². The van der Waals surface area contributed by atoms with Gasteiger partial charge in [-0.15, -0.1) is 59.7 Å². The molecule has 11 aromatic rings. The van der Waals surface area contributed by atoms with Gasteiger partial charge in [-0.25, -0.2) is 0 Å². The monoisotopic (exact) mass is 1020 g/mol. The van der Waals surface area contributed by atoms with Gasteiger partial charge in [0.1, 0.15) is 11.2 Å². The average Bonchev–Trinajstić information content (AvgIpc) is 4.00. The Morgan fingerprint density at radius 3 is 2.22 bits per heavy atom. The van der Waals surface area contributed by atoms with E-state index in [9.17, 15) is 0 Å². The molecule has 7 heteroatoms. The van der Waals surface area contributed by atoms with E-state index in [4.69, 9.17) is 17.9 Å². The fourth-order valence-corrected chi connectivity index (χ4v) is 10.1. The molecule has 0 aliphatic carbocycles.